The maximum Gasteiger partial charge on any atom is 0.103 e. The van der Waals surface area contributed by atoms with Crippen LogP contribution in [0.2, 0.25) is 0 Å². The molecule has 13 heavy (non-hydrogen) atoms. The quantitative estimate of drug-likeness (QED) is 0.687. The van der Waals surface area contributed by atoms with Crippen LogP contribution in [0.25, 0.3) is 0 Å². The standard InChI is InChI=1S/C11H19NS/c1-3-5-10(2)8-11(9-12)6-4-7-13-11/h10H,3-8H2,1-2H3. The lowest BCUT2D eigenvalue weighted by Gasteiger charge is -2.23. The van der Waals surface area contributed by atoms with Crippen LogP contribution in [0.15, 0.2) is 0 Å². The maximum absolute atomic E-state index is 9.16. The molecule has 0 bridgehead atoms. The molecule has 2 unspecified atom stereocenters. The Labute approximate surface area is 85.9 Å². The van der Waals surface area contributed by atoms with Crippen LogP contribution in [0, 0.1) is 17.2 Å². The van der Waals surface area contributed by atoms with E-state index in [-0.39, 0.29) is 4.75 Å². The minimum atomic E-state index is -0.0193. The number of nitriles is 1. The normalized spacial score (nSPS) is 29.9. The van der Waals surface area contributed by atoms with E-state index >= 15 is 0 Å². The molecule has 0 saturated carbocycles. The van der Waals surface area contributed by atoms with Crippen molar-refractivity contribution in [2.45, 2.75) is 50.7 Å². The van der Waals surface area contributed by atoms with E-state index in [0.717, 1.165) is 18.8 Å². The molecule has 0 aromatic carbocycles. The van der Waals surface area contributed by atoms with Gasteiger partial charge in [-0.3, -0.25) is 0 Å². The van der Waals surface area contributed by atoms with Gasteiger partial charge < -0.3 is 0 Å². The van der Waals surface area contributed by atoms with Gasteiger partial charge in [-0.05, 0) is 30.9 Å². The average molecular weight is 197 g/mol. The van der Waals surface area contributed by atoms with Gasteiger partial charge in [0.1, 0.15) is 4.75 Å². The van der Waals surface area contributed by atoms with Crippen molar-refractivity contribution in [3.63, 3.8) is 0 Å². The predicted octanol–water partition coefficient (Wildman–Crippen LogP) is 3.60. The van der Waals surface area contributed by atoms with Gasteiger partial charge in [0.2, 0.25) is 0 Å². The molecule has 0 spiro atoms. The molecule has 0 radical (unpaired) electrons. The van der Waals surface area contributed by atoms with Crippen LogP contribution < -0.4 is 0 Å². The van der Waals surface area contributed by atoms with Crippen molar-refractivity contribution < 1.29 is 0 Å². The van der Waals surface area contributed by atoms with E-state index in [2.05, 4.69) is 19.9 Å². The Morgan fingerprint density at radius 3 is 2.85 bits per heavy atom. The third-order valence-corrected chi connectivity index (χ3v) is 4.27. The average Bonchev–Trinajstić information content (AvgIpc) is 2.54. The predicted molar refractivity (Wildman–Crippen MR) is 58.7 cm³/mol. The van der Waals surface area contributed by atoms with Crippen molar-refractivity contribution in [1.29, 1.82) is 5.26 Å². The number of hydrogen-bond donors (Lipinski definition) is 0. The third-order valence-electron chi connectivity index (χ3n) is 2.77. The van der Waals surface area contributed by atoms with Gasteiger partial charge in [-0.2, -0.15) is 5.26 Å². The Balaban J connectivity index is 2.44. The van der Waals surface area contributed by atoms with Gasteiger partial charge in [-0.25, -0.2) is 0 Å². The molecule has 2 atom stereocenters. The molecule has 0 aliphatic carbocycles. The SMILES string of the molecule is CCCC(C)CC1(C#N)CCCS1. The van der Waals surface area contributed by atoms with E-state index < -0.39 is 0 Å². The van der Waals surface area contributed by atoms with Gasteiger partial charge in [0.15, 0.2) is 0 Å². The second kappa shape index (κ2) is 4.91. The largest absolute Gasteiger partial charge is 0.197 e. The molecule has 1 rings (SSSR count). The number of nitrogens with zero attached hydrogens (tertiary/aromatic N) is 1. The van der Waals surface area contributed by atoms with Crippen LogP contribution in [-0.2, 0) is 0 Å². The van der Waals surface area contributed by atoms with E-state index in [9.17, 15) is 0 Å². The summed E-state index contributed by atoms with van der Waals surface area (Å²) in [5.41, 5.74) is 0. The molecule has 1 saturated heterocycles. The second-order valence-electron chi connectivity index (χ2n) is 4.16. The molecule has 0 amide bonds. The molecule has 1 nitrogen and oxygen atoms in total. The second-order valence-corrected chi connectivity index (χ2v) is 5.63. The molecule has 0 aromatic rings. The summed E-state index contributed by atoms with van der Waals surface area (Å²) >= 11 is 1.88. The van der Waals surface area contributed by atoms with E-state index in [0.29, 0.717) is 0 Å². The summed E-state index contributed by atoms with van der Waals surface area (Å²) in [6.07, 6.45) is 5.96. The first-order valence-electron chi connectivity index (χ1n) is 5.27. The summed E-state index contributed by atoms with van der Waals surface area (Å²) in [7, 11) is 0. The maximum atomic E-state index is 9.16. The molecule has 1 fully saturated rings. The van der Waals surface area contributed by atoms with Crippen molar-refractivity contribution in [2.75, 3.05) is 5.75 Å². The molecule has 2 heteroatoms. The lowest BCUT2D eigenvalue weighted by molar-refractivity contribution is 0.438. The Bertz CT molecular complexity index is 189. The summed E-state index contributed by atoms with van der Waals surface area (Å²) in [5.74, 6) is 1.90. The molecular weight excluding hydrogens is 178 g/mol. The highest BCUT2D eigenvalue weighted by Gasteiger charge is 2.35. The van der Waals surface area contributed by atoms with Gasteiger partial charge in [-0.1, -0.05) is 26.7 Å². The Morgan fingerprint density at radius 1 is 1.62 bits per heavy atom. The minimum absolute atomic E-state index is 0.0193. The van der Waals surface area contributed by atoms with E-state index in [1.54, 1.807) is 0 Å². The Kier molecular flexibility index (Phi) is 4.12. The summed E-state index contributed by atoms with van der Waals surface area (Å²) in [4.78, 5) is 0. The number of rotatable bonds is 4. The van der Waals surface area contributed by atoms with E-state index in [1.165, 1.54) is 25.0 Å². The first-order valence-corrected chi connectivity index (χ1v) is 6.26. The van der Waals surface area contributed by atoms with Gasteiger partial charge in [0.25, 0.3) is 0 Å². The van der Waals surface area contributed by atoms with Crippen molar-refractivity contribution >= 4 is 11.8 Å². The van der Waals surface area contributed by atoms with Crippen LogP contribution in [0.5, 0.6) is 0 Å². The van der Waals surface area contributed by atoms with Crippen LogP contribution in [0.4, 0.5) is 0 Å². The first-order chi connectivity index (χ1) is 6.22. The van der Waals surface area contributed by atoms with Crippen LogP contribution in [-0.4, -0.2) is 10.5 Å². The Hall–Kier alpha value is -0.160. The first kappa shape index (κ1) is 10.9. The van der Waals surface area contributed by atoms with Crippen LogP contribution in [0.3, 0.4) is 0 Å². The third kappa shape index (κ3) is 2.91. The van der Waals surface area contributed by atoms with Crippen molar-refractivity contribution in [3.05, 3.63) is 0 Å². The summed E-state index contributed by atoms with van der Waals surface area (Å²) < 4.78 is -0.0193. The lowest BCUT2D eigenvalue weighted by atomic mass is 9.90. The lowest BCUT2D eigenvalue weighted by Crippen LogP contribution is -2.21. The van der Waals surface area contributed by atoms with Crippen LogP contribution in [0.1, 0.15) is 46.0 Å². The van der Waals surface area contributed by atoms with Crippen LogP contribution >= 0.6 is 11.8 Å². The van der Waals surface area contributed by atoms with Crippen molar-refractivity contribution in [3.8, 4) is 6.07 Å². The smallest absolute Gasteiger partial charge is 0.103 e. The zero-order valence-electron chi connectivity index (χ0n) is 8.68. The van der Waals surface area contributed by atoms with E-state index in [4.69, 9.17) is 5.26 Å². The van der Waals surface area contributed by atoms with Gasteiger partial charge in [0.05, 0.1) is 6.07 Å². The van der Waals surface area contributed by atoms with Gasteiger partial charge in [0, 0.05) is 0 Å². The molecule has 1 heterocycles. The van der Waals surface area contributed by atoms with Crippen molar-refractivity contribution in [1.82, 2.24) is 0 Å². The topological polar surface area (TPSA) is 23.8 Å². The molecule has 0 N–H and O–H groups in total. The fraction of sp³-hybridized carbons (Fsp3) is 0.909. The fourth-order valence-corrected chi connectivity index (χ4v) is 3.58. The van der Waals surface area contributed by atoms with Gasteiger partial charge in [-0.15, -0.1) is 11.8 Å². The Morgan fingerprint density at radius 2 is 2.38 bits per heavy atom. The monoisotopic (exact) mass is 197 g/mol. The number of thioether (sulfide) groups is 1. The highest BCUT2D eigenvalue weighted by atomic mass is 32.2. The molecule has 0 aromatic heterocycles. The molecule has 74 valence electrons. The molecule has 1 aliphatic rings. The number of hydrogen-bond acceptors (Lipinski definition) is 2. The van der Waals surface area contributed by atoms with Gasteiger partial charge >= 0.3 is 0 Å². The zero-order valence-corrected chi connectivity index (χ0v) is 9.49. The summed E-state index contributed by atoms with van der Waals surface area (Å²) in [6, 6.07) is 2.53. The van der Waals surface area contributed by atoms with E-state index in [1.807, 2.05) is 11.8 Å². The highest BCUT2D eigenvalue weighted by molar-refractivity contribution is 8.01. The summed E-state index contributed by atoms with van der Waals surface area (Å²) in [5, 5.41) is 9.16. The van der Waals surface area contributed by atoms with Crippen molar-refractivity contribution in [2.24, 2.45) is 5.92 Å². The zero-order chi connectivity index (χ0) is 9.73. The fourth-order valence-electron chi connectivity index (χ4n) is 2.15. The minimum Gasteiger partial charge on any atom is -0.197 e. The molecular formula is C11H19NS. The molecule has 1 aliphatic heterocycles. The highest BCUT2D eigenvalue weighted by Crippen LogP contribution is 2.42. The summed E-state index contributed by atoms with van der Waals surface area (Å²) in [6.45, 7) is 4.50.